The molecule has 35 heavy (non-hydrogen) atoms. The maximum atomic E-state index is 13.6. The number of Topliss-reactive ketones (excluding diaryl/α,β-unsaturated/α-hetero) is 1. The lowest BCUT2D eigenvalue weighted by Crippen LogP contribution is -2.51. The lowest BCUT2D eigenvalue weighted by molar-refractivity contribution is -0.122. The predicted octanol–water partition coefficient (Wildman–Crippen LogP) is 4.27. The first-order valence-electron chi connectivity index (χ1n) is 11.5. The highest BCUT2D eigenvalue weighted by atomic mass is 32.1. The van der Waals surface area contributed by atoms with Crippen LogP contribution in [0.5, 0.6) is 0 Å². The van der Waals surface area contributed by atoms with Crippen LogP contribution in [0.2, 0.25) is 0 Å². The Bertz CT molecular complexity index is 1410. The van der Waals surface area contributed by atoms with E-state index in [4.69, 9.17) is 0 Å². The summed E-state index contributed by atoms with van der Waals surface area (Å²) < 4.78 is 0. The molecule has 0 radical (unpaired) electrons. The van der Waals surface area contributed by atoms with Crippen LogP contribution in [0.25, 0.3) is 21.3 Å². The Balaban J connectivity index is 1.38. The summed E-state index contributed by atoms with van der Waals surface area (Å²) in [5, 5.41) is 4.60. The number of ketones is 1. The zero-order valence-corrected chi connectivity index (χ0v) is 20.0. The fraction of sp³-hybridized carbons (Fsp3) is 0.222. The summed E-state index contributed by atoms with van der Waals surface area (Å²) in [5.74, 6) is -0.418. The Morgan fingerprint density at radius 1 is 1.09 bits per heavy atom. The van der Waals surface area contributed by atoms with E-state index in [9.17, 15) is 14.4 Å². The number of fused-ring (bicyclic) bond motifs is 1. The zero-order chi connectivity index (χ0) is 24.4. The van der Waals surface area contributed by atoms with Crippen molar-refractivity contribution in [2.45, 2.75) is 25.8 Å². The third-order valence-corrected chi connectivity index (χ3v) is 7.16. The number of likely N-dealkylation sites (tertiary alicyclic amines) is 1. The summed E-state index contributed by atoms with van der Waals surface area (Å²) in [6, 6.07) is 18.4. The monoisotopic (exact) mass is 484 g/mol. The second-order valence-electron chi connectivity index (χ2n) is 8.51. The van der Waals surface area contributed by atoms with E-state index in [2.05, 4.69) is 15.3 Å². The number of hydrogen-bond donors (Lipinski definition) is 1. The van der Waals surface area contributed by atoms with E-state index in [1.54, 1.807) is 17.2 Å². The van der Waals surface area contributed by atoms with Crippen LogP contribution in [0.15, 0.2) is 66.9 Å². The SMILES string of the molecule is Cc1nc(C(=O)N2CCC(=O)C[C@H]2CNC(=O)c2cccc3cccnc23)c(-c2ccccc2)s1. The Morgan fingerprint density at radius 3 is 2.71 bits per heavy atom. The van der Waals surface area contributed by atoms with Gasteiger partial charge in [-0.15, -0.1) is 11.3 Å². The molecule has 2 amide bonds. The molecule has 3 heterocycles. The number of para-hydroxylation sites is 1. The molecule has 176 valence electrons. The Kier molecular flexibility index (Phi) is 6.37. The third-order valence-electron chi connectivity index (χ3n) is 6.14. The molecule has 2 aromatic carbocycles. The topological polar surface area (TPSA) is 92.3 Å². The van der Waals surface area contributed by atoms with Crippen LogP contribution >= 0.6 is 11.3 Å². The van der Waals surface area contributed by atoms with Crippen molar-refractivity contribution in [3.05, 3.63) is 83.1 Å². The Labute approximate surface area is 206 Å². The molecular weight excluding hydrogens is 460 g/mol. The van der Waals surface area contributed by atoms with E-state index < -0.39 is 6.04 Å². The number of benzene rings is 2. The molecule has 1 fully saturated rings. The number of carbonyl (C=O) groups is 3. The fourth-order valence-corrected chi connectivity index (χ4v) is 5.35. The van der Waals surface area contributed by atoms with Gasteiger partial charge in [-0.1, -0.05) is 48.5 Å². The van der Waals surface area contributed by atoms with Crippen molar-refractivity contribution in [3.8, 4) is 10.4 Å². The number of nitrogens with zero attached hydrogens (tertiary/aromatic N) is 3. The standard InChI is InChI=1S/C27H24N4O3S/c1-17-30-24(25(35-17)19-7-3-2-4-8-19)27(34)31-14-12-21(32)15-20(31)16-29-26(33)22-11-5-9-18-10-6-13-28-23(18)22/h2-11,13,20H,12,14-16H2,1H3,(H,29,33)/t20-/m0/s1. The number of pyridine rings is 1. The minimum atomic E-state index is -0.443. The molecule has 0 spiro atoms. The number of nitrogens with one attached hydrogen (secondary N) is 1. The summed E-state index contributed by atoms with van der Waals surface area (Å²) in [5.41, 5.74) is 2.40. The number of rotatable bonds is 5. The highest BCUT2D eigenvalue weighted by molar-refractivity contribution is 7.15. The summed E-state index contributed by atoms with van der Waals surface area (Å²) >= 11 is 1.48. The highest BCUT2D eigenvalue weighted by Crippen LogP contribution is 2.32. The van der Waals surface area contributed by atoms with Crippen molar-refractivity contribution >= 4 is 39.8 Å². The molecule has 2 aromatic heterocycles. The van der Waals surface area contributed by atoms with Gasteiger partial charge in [0.05, 0.1) is 27.0 Å². The van der Waals surface area contributed by atoms with E-state index in [1.165, 1.54) is 11.3 Å². The van der Waals surface area contributed by atoms with E-state index >= 15 is 0 Å². The molecule has 1 saturated heterocycles. The summed E-state index contributed by atoms with van der Waals surface area (Å²) in [4.78, 5) is 50.3. The van der Waals surface area contributed by atoms with Gasteiger partial charge in [0.25, 0.3) is 11.8 Å². The number of amides is 2. The van der Waals surface area contributed by atoms with Crippen LogP contribution in [-0.4, -0.2) is 51.6 Å². The fourth-order valence-electron chi connectivity index (χ4n) is 4.44. The number of aromatic nitrogens is 2. The van der Waals surface area contributed by atoms with Crippen molar-refractivity contribution in [1.82, 2.24) is 20.2 Å². The average molecular weight is 485 g/mol. The van der Waals surface area contributed by atoms with Gasteiger partial charge in [-0.25, -0.2) is 4.98 Å². The molecule has 8 heteroatoms. The zero-order valence-electron chi connectivity index (χ0n) is 19.2. The maximum Gasteiger partial charge on any atom is 0.274 e. The van der Waals surface area contributed by atoms with E-state index in [0.717, 1.165) is 20.8 Å². The largest absolute Gasteiger partial charge is 0.350 e. The number of carbonyl (C=O) groups excluding carboxylic acids is 3. The van der Waals surface area contributed by atoms with E-state index in [-0.39, 0.29) is 30.6 Å². The Hall–Kier alpha value is -3.91. The average Bonchev–Trinajstić information content (AvgIpc) is 3.28. The number of piperidine rings is 1. The minimum absolute atomic E-state index is 0.0814. The first kappa shape index (κ1) is 22.9. The molecule has 0 bridgehead atoms. The third kappa shape index (κ3) is 4.70. The van der Waals surface area contributed by atoms with Gasteiger partial charge in [-0.2, -0.15) is 0 Å². The molecule has 1 aliphatic rings. The van der Waals surface area contributed by atoms with E-state index in [1.807, 2.05) is 61.5 Å². The van der Waals surface area contributed by atoms with E-state index in [0.29, 0.717) is 29.7 Å². The van der Waals surface area contributed by atoms with Gasteiger partial charge in [0, 0.05) is 37.5 Å². The van der Waals surface area contributed by atoms with Crippen molar-refractivity contribution in [2.24, 2.45) is 0 Å². The molecule has 0 saturated carbocycles. The quantitative estimate of drug-likeness (QED) is 0.457. The normalized spacial score (nSPS) is 15.9. The summed E-state index contributed by atoms with van der Waals surface area (Å²) in [6.07, 6.45) is 2.15. The summed E-state index contributed by atoms with van der Waals surface area (Å²) in [6.45, 7) is 2.35. The van der Waals surface area contributed by atoms with Crippen LogP contribution in [-0.2, 0) is 4.79 Å². The molecule has 5 rings (SSSR count). The molecule has 4 aromatic rings. The van der Waals surface area contributed by atoms with Crippen LogP contribution in [0.3, 0.4) is 0 Å². The molecule has 1 atom stereocenters. The smallest absolute Gasteiger partial charge is 0.274 e. The second kappa shape index (κ2) is 9.76. The lowest BCUT2D eigenvalue weighted by atomic mass is 9.99. The van der Waals surface area contributed by atoms with Gasteiger partial charge in [-0.3, -0.25) is 19.4 Å². The van der Waals surface area contributed by atoms with Crippen molar-refractivity contribution in [2.75, 3.05) is 13.1 Å². The molecular formula is C27H24N4O3S. The highest BCUT2D eigenvalue weighted by Gasteiger charge is 2.34. The van der Waals surface area contributed by atoms with Gasteiger partial charge in [0.15, 0.2) is 0 Å². The van der Waals surface area contributed by atoms with Crippen LogP contribution in [0.4, 0.5) is 0 Å². The number of thiazole rings is 1. The minimum Gasteiger partial charge on any atom is -0.350 e. The molecule has 1 N–H and O–H groups in total. The van der Waals surface area contributed by atoms with Gasteiger partial charge in [0.2, 0.25) is 0 Å². The van der Waals surface area contributed by atoms with Crippen LogP contribution in [0.1, 0.15) is 38.7 Å². The van der Waals surface area contributed by atoms with Gasteiger partial charge < -0.3 is 10.2 Å². The Morgan fingerprint density at radius 2 is 1.89 bits per heavy atom. The van der Waals surface area contributed by atoms with Gasteiger partial charge >= 0.3 is 0 Å². The van der Waals surface area contributed by atoms with Crippen molar-refractivity contribution < 1.29 is 14.4 Å². The first-order chi connectivity index (χ1) is 17.0. The van der Waals surface area contributed by atoms with Gasteiger partial charge in [-0.05, 0) is 24.6 Å². The summed E-state index contributed by atoms with van der Waals surface area (Å²) in [7, 11) is 0. The first-order valence-corrected chi connectivity index (χ1v) is 12.3. The molecule has 0 aliphatic carbocycles. The number of aryl methyl sites for hydroxylation is 1. The van der Waals surface area contributed by atoms with Crippen molar-refractivity contribution in [3.63, 3.8) is 0 Å². The lowest BCUT2D eigenvalue weighted by Gasteiger charge is -2.35. The maximum absolute atomic E-state index is 13.6. The van der Waals surface area contributed by atoms with Crippen LogP contribution in [0, 0.1) is 6.92 Å². The van der Waals surface area contributed by atoms with Crippen molar-refractivity contribution in [1.29, 1.82) is 0 Å². The molecule has 1 aliphatic heterocycles. The predicted molar refractivity (Wildman–Crippen MR) is 135 cm³/mol. The second-order valence-corrected chi connectivity index (χ2v) is 9.72. The number of hydrogen-bond acceptors (Lipinski definition) is 6. The molecule has 7 nitrogen and oxygen atoms in total. The van der Waals surface area contributed by atoms with Gasteiger partial charge in [0.1, 0.15) is 11.5 Å². The van der Waals surface area contributed by atoms with Crippen LogP contribution < -0.4 is 5.32 Å². The molecule has 0 unspecified atom stereocenters.